The lowest BCUT2D eigenvalue weighted by Gasteiger charge is -2.29. The Bertz CT molecular complexity index is 1840. The monoisotopic (exact) mass is 579 g/mol. The van der Waals surface area contributed by atoms with Crippen molar-refractivity contribution in [2.45, 2.75) is 37.8 Å². The number of para-hydroxylation sites is 1. The van der Waals surface area contributed by atoms with Crippen LogP contribution in [0.3, 0.4) is 0 Å². The van der Waals surface area contributed by atoms with Crippen LogP contribution in [0.25, 0.3) is 22.2 Å². The Morgan fingerprint density at radius 2 is 2.14 bits per heavy atom. The van der Waals surface area contributed by atoms with Gasteiger partial charge in [0.1, 0.15) is 11.8 Å². The highest BCUT2D eigenvalue weighted by Gasteiger charge is 2.27. The fourth-order valence-electron chi connectivity index (χ4n) is 5.77. The Labute approximate surface area is 255 Å². The minimum Gasteiger partial charge on any atom is -0.494 e. The molecule has 1 unspecified atom stereocenters. The molecule has 2 N–H and O–H groups in total. The number of carbonyl (C=O) groups excluding carboxylic acids is 1. The molecule has 2 aliphatic rings. The van der Waals surface area contributed by atoms with Crippen LogP contribution in [0.4, 0.5) is 23.0 Å². The van der Waals surface area contributed by atoms with Crippen molar-refractivity contribution < 1.29 is 13.6 Å². The number of hydrogen-bond acceptors (Lipinski definition) is 8. The van der Waals surface area contributed by atoms with Crippen molar-refractivity contribution in [1.29, 1.82) is 5.26 Å². The first-order chi connectivity index (χ1) is 22.1. The van der Waals surface area contributed by atoms with E-state index in [0.717, 1.165) is 42.1 Å². The topological polar surface area (TPSA) is 111 Å². The Morgan fingerprint density at radius 1 is 1.30 bits per heavy atom. The molecule has 43 heavy (non-hydrogen) atoms. The normalized spacial score (nSPS) is 17.9. The number of anilines is 4. The maximum Gasteiger partial charge on any atom is 0.247 e. The molecule has 6 rings (SSSR count). The van der Waals surface area contributed by atoms with Gasteiger partial charge in [0.25, 0.3) is 0 Å². The van der Waals surface area contributed by atoms with E-state index in [1.807, 2.05) is 30.1 Å². The number of ether oxygens (including phenoxy) is 1. The molecule has 2 aromatic carbocycles. The number of nitriles is 1. The lowest BCUT2D eigenvalue weighted by molar-refractivity contribution is -0.111. The number of fused-ring (bicyclic) bond motifs is 1. The van der Waals surface area contributed by atoms with Crippen LogP contribution in [0.2, 0.25) is 0 Å². The van der Waals surface area contributed by atoms with Gasteiger partial charge in [-0.3, -0.25) is 4.79 Å². The number of rotatable bonds is 10. The number of methoxy groups -OCH3 is 1. The maximum absolute atomic E-state index is 12.5. The highest BCUT2D eigenvalue weighted by Crippen LogP contribution is 2.42. The largest absolute Gasteiger partial charge is 0.494 e. The SMILES string of the molecule is [2H]C([2H])([2H])N1CCCC1CN(C)c1cc(OC)c(Nc2ncc(C#N)c(-c3cn(C4CC4)c4ccccc34)n2)cc1NC(=O)C=C. The third-order valence-corrected chi connectivity index (χ3v) is 8.13. The second kappa shape index (κ2) is 11.8. The van der Waals surface area contributed by atoms with Crippen molar-refractivity contribution in [1.82, 2.24) is 19.4 Å². The summed E-state index contributed by atoms with van der Waals surface area (Å²) in [4.78, 5) is 25.2. The summed E-state index contributed by atoms with van der Waals surface area (Å²) >= 11 is 0. The van der Waals surface area contributed by atoms with E-state index < -0.39 is 12.9 Å². The number of likely N-dealkylation sites (tertiary alicyclic amines) is 1. The summed E-state index contributed by atoms with van der Waals surface area (Å²) in [6.07, 6.45) is 8.55. The first-order valence-electron chi connectivity index (χ1n) is 15.9. The molecule has 10 heteroatoms. The Hall–Kier alpha value is -4.88. The summed E-state index contributed by atoms with van der Waals surface area (Å²) in [6.45, 7) is 2.35. The first-order valence-corrected chi connectivity index (χ1v) is 14.4. The smallest absolute Gasteiger partial charge is 0.247 e. The quantitative estimate of drug-likeness (QED) is 0.230. The fourth-order valence-corrected chi connectivity index (χ4v) is 5.77. The summed E-state index contributed by atoms with van der Waals surface area (Å²) in [6, 6.07) is 14.1. The van der Waals surface area contributed by atoms with Crippen LogP contribution in [-0.2, 0) is 4.79 Å². The van der Waals surface area contributed by atoms with Gasteiger partial charge in [-0.05, 0) is 57.4 Å². The van der Waals surface area contributed by atoms with E-state index in [2.05, 4.69) is 45.1 Å². The number of nitrogens with one attached hydrogen (secondary N) is 2. The molecule has 0 bridgehead atoms. The van der Waals surface area contributed by atoms with E-state index >= 15 is 0 Å². The van der Waals surface area contributed by atoms with Crippen molar-refractivity contribution in [3.8, 4) is 23.1 Å². The van der Waals surface area contributed by atoms with Crippen molar-refractivity contribution in [2.24, 2.45) is 0 Å². The molecule has 1 aliphatic heterocycles. The van der Waals surface area contributed by atoms with E-state index in [9.17, 15) is 10.1 Å². The van der Waals surface area contributed by atoms with Gasteiger partial charge in [-0.15, -0.1) is 0 Å². The average Bonchev–Trinajstić information content (AvgIpc) is 3.64. The van der Waals surface area contributed by atoms with Gasteiger partial charge in [0.15, 0.2) is 0 Å². The van der Waals surface area contributed by atoms with Gasteiger partial charge in [0.2, 0.25) is 11.9 Å². The van der Waals surface area contributed by atoms with E-state index in [1.54, 1.807) is 17.0 Å². The molecule has 1 saturated heterocycles. The molecule has 2 aromatic heterocycles. The van der Waals surface area contributed by atoms with E-state index in [-0.39, 0.29) is 12.0 Å². The Morgan fingerprint density at radius 3 is 2.88 bits per heavy atom. The van der Waals surface area contributed by atoms with Gasteiger partial charge >= 0.3 is 0 Å². The second-order valence-corrected chi connectivity index (χ2v) is 11.0. The highest BCUT2D eigenvalue weighted by atomic mass is 16.5. The van der Waals surface area contributed by atoms with Crippen LogP contribution in [0, 0.1) is 11.3 Å². The van der Waals surface area contributed by atoms with Crippen LogP contribution in [0.5, 0.6) is 5.75 Å². The van der Waals surface area contributed by atoms with Crippen LogP contribution in [0.1, 0.15) is 41.4 Å². The van der Waals surface area contributed by atoms with Gasteiger partial charge in [0.05, 0.1) is 41.6 Å². The third kappa shape index (κ3) is 5.64. The van der Waals surface area contributed by atoms with E-state index in [0.29, 0.717) is 53.2 Å². The summed E-state index contributed by atoms with van der Waals surface area (Å²) in [5.41, 5.74) is 4.41. The molecule has 1 saturated carbocycles. The number of hydrogen-bond donors (Lipinski definition) is 2. The third-order valence-electron chi connectivity index (χ3n) is 8.13. The molecule has 1 atom stereocenters. The van der Waals surface area contributed by atoms with Crippen LogP contribution in [0.15, 0.2) is 61.4 Å². The average molecular weight is 580 g/mol. The lowest BCUT2D eigenvalue weighted by Crippen LogP contribution is -2.37. The van der Waals surface area contributed by atoms with E-state index in [1.165, 1.54) is 19.4 Å². The molecule has 1 aliphatic carbocycles. The van der Waals surface area contributed by atoms with Crippen LogP contribution >= 0.6 is 0 Å². The molecule has 0 spiro atoms. The second-order valence-electron chi connectivity index (χ2n) is 11.0. The molecule has 0 radical (unpaired) electrons. The molecule has 4 aromatic rings. The first kappa shape index (κ1) is 24.7. The molecule has 3 heterocycles. The Balaban J connectivity index is 1.36. The minimum absolute atomic E-state index is 0.180. The van der Waals surface area contributed by atoms with E-state index in [4.69, 9.17) is 13.8 Å². The van der Waals surface area contributed by atoms with Crippen molar-refractivity contribution in [3.63, 3.8) is 0 Å². The van der Waals surface area contributed by atoms with Crippen molar-refractivity contribution >= 4 is 39.8 Å². The van der Waals surface area contributed by atoms with Crippen LogP contribution in [-0.4, -0.2) is 65.6 Å². The van der Waals surface area contributed by atoms with Gasteiger partial charge in [-0.25, -0.2) is 9.97 Å². The summed E-state index contributed by atoms with van der Waals surface area (Å²) in [5, 5.41) is 17.1. The van der Waals surface area contributed by atoms with Crippen LogP contribution < -0.4 is 20.3 Å². The minimum atomic E-state index is -2.18. The van der Waals surface area contributed by atoms with Gasteiger partial charge in [-0.1, -0.05) is 24.8 Å². The predicted octanol–water partition coefficient (Wildman–Crippen LogP) is 5.71. The molecular weight excluding hydrogens is 540 g/mol. The Kier molecular flexibility index (Phi) is 6.76. The lowest BCUT2D eigenvalue weighted by atomic mass is 10.1. The number of carbonyl (C=O) groups is 1. The zero-order chi connectivity index (χ0) is 32.6. The standard InChI is InChI=1S/C33H36N8O2/c1-5-31(42)36-26-15-27(30(43-4)16-29(26)40(3)19-23-9-8-14-39(23)2)37-33-35-18-21(17-34)32(38-33)25-20-41(22-12-13-22)28-11-7-6-10-24(25)28/h5-7,10-11,15-16,18,20,22-23H,1,8-9,12-14,19H2,2-4H3,(H,36,42)(H,35,37,38)/i2D3. The number of benzene rings is 2. The summed E-state index contributed by atoms with van der Waals surface area (Å²) in [5.74, 6) is 0.300. The number of amides is 1. The molecule has 10 nitrogen and oxygen atoms in total. The fraction of sp³-hybridized carbons (Fsp3) is 0.333. The molecule has 1 amide bonds. The number of likely N-dealkylation sites (N-methyl/N-ethyl adjacent to an activating group) is 2. The highest BCUT2D eigenvalue weighted by molar-refractivity contribution is 6.02. The molecule has 2 fully saturated rings. The zero-order valence-electron chi connectivity index (χ0n) is 27.3. The maximum atomic E-state index is 12.5. The zero-order valence-corrected chi connectivity index (χ0v) is 24.3. The summed E-state index contributed by atoms with van der Waals surface area (Å²) < 4.78 is 31.8. The predicted molar refractivity (Wildman–Crippen MR) is 170 cm³/mol. The van der Waals surface area contributed by atoms with Gasteiger partial charge in [-0.2, -0.15) is 5.26 Å². The number of aromatic nitrogens is 3. The van der Waals surface area contributed by atoms with Gasteiger partial charge < -0.3 is 29.7 Å². The molecular formula is C33H36N8O2. The summed E-state index contributed by atoms with van der Waals surface area (Å²) in [7, 11) is 3.40. The van der Waals surface area contributed by atoms with Crippen molar-refractivity contribution in [2.75, 3.05) is 49.8 Å². The number of nitrogens with zero attached hydrogens (tertiary/aromatic N) is 6. The molecule has 220 valence electrons. The van der Waals surface area contributed by atoms with Crippen molar-refractivity contribution in [3.05, 3.63) is 67.0 Å². The van der Waals surface area contributed by atoms with Gasteiger partial charge in [0, 0.05) is 58.5 Å².